The van der Waals surface area contributed by atoms with Crippen LogP contribution < -0.4 is 4.74 Å². The zero-order valence-electron chi connectivity index (χ0n) is 7.51. The number of alkyl halides is 3. The summed E-state index contributed by atoms with van der Waals surface area (Å²) in [6.07, 6.45) is -1.65. The third-order valence-electron chi connectivity index (χ3n) is 1.95. The Kier molecular flexibility index (Phi) is 2.78. The molecule has 1 fully saturated rings. The van der Waals surface area contributed by atoms with Gasteiger partial charge in [-0.05, 0) is 41.5 Å². The van der Waals surface area contributed by atoms with Crippen LogP contribution in [-0.4, -0.2) is 11.1 Å². The number of nitrogens with zero attached hydrogens (tertiary/aromatic N) is 1. The second-order valence-electron chi connectivity index (χ2n) is 3.33. The largest absolute Gasteiger partial charge is 0.488 e. The molecular formula is C9H7F3INO. The summed E-state index contributed by atoms with van der Waals surface area (Å²) in [6.45, 7) is 0. The lowest BCUT2D eigenvalue weighted by atomic mass is 10.3. The van der Waals surface area contributed by atoms with E-state index in [0.29, 0.717) is 3.70 Å². The van der Waals surface area contributed by atoms with Crippen LogP contribution in [-0.2, 0) is 6.18 Å². The smallest absolute Gasteiger partial charge is 0.418 e. The maximum atomic E-state index is 12.4. The summed E-state index contributed by atoms with van der Waals surface area (Å²) in [5, 5.41) is 0. The fourth-order valence-electron chi connectivity index (χ4n) is 1.03. The van der Waals surface area contributed by atoms with Gasteiger partial charge in [0.25, 0.3) is 0 Å². The van der Waals surface area contributed by atoms with Crippen LogP contribution in [0.15, 0.2) is 12.3 Å². The van der Waals surface area contributed by atoms with Gasteiger partial charge in [-0.25, -0.2) is 4.98 Å². The Morgan fingerprint density at radius 1 is 1.40 bits per heavy atom. The van der Waals surface area contributed by atoms with Gasteiger partial charge in [0.2, 0.25) is 0 Å². The van der Waals surface area contributed by atoms with E-state index in [0.717, 1.165) is 25.1 Å². The number of aromatic nitrogens is 1. The lowest BCUT2D eigenvalue weighted by molar-refractivity contribution is -0.138. The van der Waals surface area contributed by atoms with E-state index < -0.39 is 11.7 Å². The summed E-state index contributed by atoms with van der Waals surface area (Å²) < 4.78 is 42.9. The molecule has 2 rings (SSSR count). The first-order valence-corrected chi connectivity index (χ1v) is 5.44. The van der Waals surface area contributed by atoms with Gasteiger partial charge in [0.1, 0.15) is 3.70 Å². The molecule has 6 heteroatoms. The lowest BCUT2D eigenvalue weighted by Crippen LogP contribution is -2.08. The molecule has 0 amide bonds. The third-order valence-corrected chi connectivity index (χ3v) is 2.76. The van der Waals surface area contributed by atoms with Gasteiger partial charge in [0, 0.05) is 6.20 Å². The molecule has 1 aliphatic carbocycles. The molecule has 15 heavy (non-hydrogen) atoms. The maximum Gasteiger partial charge on any atom is 0.418 e. The van der Waals surface area contributed by atoms with Crippen molar-refractivity contribution in [3.8, 4) is 5.75 Å². The van der Waals surface area contributed by atoms with Crippen molar-refractivity contribution in [3.63, 3.8) is 0 Å². The quantitative estimate of drug-likeness (QED) is 0.614. The zero-order valence-corrected chi connectivity index (χ0v) is 9.67. The van der Waals surface area contributed by atoms with E-state index in [1.807, 2.05) is 22.6 Å². The number of pyridine rings is 1. The molecule has 0 atom stereocenters. The monoisotopic (exact) mass is 329 g/mol. The molecule has 2 nitrogen and oxygen atoms in total. The topological polar surface area (TPSA) is 22.1 Å². The van der Waals surface area contributed by atoms with E-state index in [1.165, 1.54) is 0 Å². The van der Waals surface area contributed by atoms with Gasteiger partial charge in [0.05, 0.1) is 11.7 Å². The first kappa shape index (κ1) is 11.0. The molecule has 0 bridgehead atoms. The molecule has 0 saturated heterocycles. The normalized spacial score (nSPS) is 16.5. The summed E-state index contributed by atoms with van der Waals surface area (Å²) in [6, 6.07) is 1.01. The highest BCUT2D eigenvalue weighted by Gasteiger charge is 2.33. The molecule has 1 aliphatic rings. The van der Waals surface area contributed by atoms with Crippen LogP contribution in [0.5, 0.6) is 5.75 Å². The Morgan fingerprint density at radius 3 is 2.60 bits per heavy atom. The number of rotatable bonds is 2. The van der Waals surface area contributed by atoms with Crippen LogP contribution in [0.2, 0.25) is 0 Å². The standard InChI is InChI=1S/C9H7F3INO/c10-9(11,12)5-3-7(8(13)14-4-5)15-6-1-2-6/h3-4,6H,1-2H2. The first-order valence-electron chi connectivity index (χ1n) is 4.36. The summed E-state index contributed by atoms with van der Waals surface area (Å²) in [4.78, 5) is 3.67. The van der Waals surface area contributed by atoms with Crippen molar-refractivity contribution in [2.24, 2.45) is 0 Å². The van der Waals surface area contributed by atoms with Crippen LogP contribution in [0.4, 0.5) is 13.2 Å². The molecule has 0 radical (unpaired) electrons. The molecule has 1 aromatic rings. The maximum absolute atomic E-state index is 12.4. The molecule has 1 heterocycles. The highest BCUT2D eigenvalue weighted by Crippen LogP contribution is 2.34. The Bertz CT molecular complexity index is 376. The number of hydrogen-bond donors (Lipinski definition) is 0. The van der Waals surface area contributed by atoms with Crippen molar-refractivity contribution in [1.29, 1.82) is 0 Å². The van der Waals surface area contributed by atoms with Crippen LogP contribution in [0.3, 0.4) is 0 Å². The van der Waals surface area contributed by atoms with E-state index in [4.69, 9.17) is 4.74 Å². The molecule has 0 aromatic carbocycles. The van der Waals surface area contributed by atoms with Gasteiger partial charge in [-0.2, -0.15) is 13.2 Å². The van der Waals surface area contributed by atoms with Gasteiger partial charge >= 0.3 is 6.18 Å². The SMILES string of the molecule is FC(F)(F)c1cnc(I)c(OC2CC2)c1. The van der Waals surface area contributed by atoms with Crippen molar-refractivity contribution >= 4 is 22.6 Å². The lowest BCUT2D eigenvalue weighted by Gasteiger charge is -2.10. The van der Waals surface area contributed by atoms with E-state index in [-0.39, 0.29) is 11.9 Å². The van der Waals surface area contributed by atoms with Crippen molar-refractivity contribution in [2.45, 2.75) is 25.1 Å². The van der Waals surface area contributed by atoms with Crippen molar-refractivity contribution in [1.82, 2.24) is 4.98 Å². The number of hydrogen-bond acceptors (Lipinski definition) is 2. The van der Waals surface area contributed by atoms with Crippen molar-refractivity contribution in [2.75, 3.05) is 0 Å². The van der Waals surface area contributed by atoms with Gasteiger partial charge in [0.15, 0.2) is 5.75 Å². The van der Waals surface area contributed by atoms with Gasteiger partial charge in [-0.3, -0.25) is 0 Å². The average molecular weight is 329 g/mol. The summed E-state index contributed by atoms with van der Waals surface area (Å²) in [7, 11) is 0. The van der Waals surface area contributed by atoms with Crippen molar-refractivity contribution < 1.29 is 17.9 Å². The minimum Gasteiger partial charge on any atom is -0.488 e. The molecule has 1 aromatic heterocycles. The van der Waals surface area contributed by atoms with E-state index in [1.54, 1.807) is 0 Å². The molecular weight excluding hydrogens is 322 g/mol. The summed E-state index contributed by atoms with van der Waals surface area (Å²) >= 11 is 1.86. The predicted molar refractivity (Wildman–Crippen MR) is 55.6 cm³/mol. The average Bonchev–Trinajstić information content (AvgIpc) is 2.90. The van der Waals surface area contributed by atoms with Crippen LogP contribution >= 0.6 is 22.6 Å². The van der Waals surface area contributed by atoms with Crippen molar-refractivity contribution in [3.05, 3.63) is 21.5 Å². The number of ether oxygens (including phenoxy) is 1. The fourth-order valence-corrected chi connectivity index (χ4v) is 1.45. The highest BCUT2D eigenvalue weighted by atomic mass is 127. The van der Waals surface area contributed by atoms with E-state index >= 15 is 0 Å². The Labute approximate surface area is 98.0 Å². The zero-order chi connectivity index (χ0) is 11.1. The Balaban J connectivity index is 2.27. The van der Waals surface area contributed by atoms with Gasteiger partial charge in [-0.1, -0.05) is 0 Å². The van der Waals surface area contributed by atoms with Crippen LogP contribution in [0, 0.1) is 3.70 Å². The minimum absolute atomic E-state index is 0.0730. The third kappa shape index (κ3) is 2.73. The Hall–Kier alpha value is -0.530. The summed E-state index contributed by atoms with van der Waals surface area (Å²) in [5.41, 5.74) is -0.765. The molecule has 1 saturated carbocycles. The second kappa shape index (κ2) is 3.80. The highest BCUT2D eigenvalue weighted by molar-refractivity contribution is 14.1. The Morgan fingerprint density at radius 2 is 2.07 bits per heavy atom. The van der Waals surface area contributed by atoms with E-state index in [2.05, 4.69) is 4.98 Å². The van der Waals surface area contributed by atoms with Gasteiger partial charge in [-0.15, -0.1) is 0 Å². The predicted octanol–water partition coefficient (Wildman–Crippen LogP) is 3.25. The summed E-state index contributed by atoms with van der Waals surface area (Å²) in [5.74, 6) is 0.230. The van der Waals surface area contributed by atoms with Crippen LogP contribution in [0.25, 0.3) is 0 Å². The van der Waals surface area contributed by atoms with Gasteiger partial charge < -0.3 is 4.74 Å². The molecule has 0 unspecified atom stereocenters. The molecule has 0 spiro atoms. The number of halogens is 4. The van der Waals surface area contributed by atoms with E-state index in [9.17, 15) is 13.2 Å². The molecule has 82 valence electrons. The molecule has 0 aliphatic heterocycles. The van der Waals surface area contributed by atoms with Crippen LogP contribution in [0.1, 0.15) is 18.4 Å². The fraction of sp³-hybridized carbons (Fsp3) is 0.444. The molecule has 0 N–H and O–H groups in total. The second-order valence-corrected chi connectivity index (χ2v) is 4.35. The first-order chi connectivity index (χ1) is 6.97. The minimum atomic E-state index is -4.36.